The predicted molar refractivity (Wildman–Crippen MR) is 102 cm³/mol. The smallest absolute Gasteiger partial charge is 0.261 e. The van der Waals surface area contributed by atoms with Crippen LogP contribution < -0.4 is 10.1 Å². The minimum Gasteiger partial charge on any atom is -0.481 e. The maximum atomic E-state index is 12.3. The molecule has 3 heteroatoms. The van der Waals surface area contributed by atoms with Crippen LogP contribution in [0.25, 0.3) is 10.8 Å². The highest BCUT2D eigenvalue weighted by Gasteiger charge is 2.15. The van der Waals surface area contributed by atoms with Crippen LogP contribution >= 0.6 is 0 Å². The van der Waals surface area contributed by atoms with Crippen molar-refractivity contribution in [1.82, 2.24) is 5.32 Å². The van der Waals surface area contributed by atoms with Gasteiger partial charge in [-0.3, -0.25) is 4.79 Å². The van der Waals surface area contributed by atoms with Crippen LogP contribution in [-0.4, -0.2) is 12.0 Å². The number of ether oxygens (including phenoxy) is 1. The molecule has 0 radical (unpaired) electrons. The molecule has 0 aliphatic heterocycles. The van der Waals surface area contributed by atoms with E-state index in [0.29, 0.717) is 6.54 Å². The average Bonchev–Trinajstić information content (AvgIpc) is 2.62. The summed E-state index contributed by atoms with van der Waals surface area (Å²) in [7, 11) is 0. The van der Waals surface area contributed by atoms with Gasteiger partial charge >= 0.3 is 0 Å². The lowest BCUT2D eigenvalue weighted by molar-refractivity contribution is -0.127. The molecule has 0 aliphatic rings. The molecule has 0 bridgehead atoms. The van der Waals surface area contributed by atoms with Gasteiger partial charge in [-0.15, -0.1) is 0 Å². The first-order chi connectivity index (χ1) is 12.0. The number of carbonyl (C=O) groups excluding carboxylic acids is 1. The second-order valence-electron chi connectivity index (χ2n) is 6.43. The van der Waals surface area contributed by atoms with E-state index in [1.165, 1.54) is 10.8 Å². The van der Waals surface area contributed by atoms with E-state index in [2.05, 4.69) is 29.6 Å². The SMILES string of the molecule is Cc1ccc(C)c(O[C@H](C)C(=O)NCc2ccc3ccccc3c2)c1. The lowest BCUT2D eigenvalue weighted by Crippen LogP contribution is -2.36. The van der Waals surface area contributed by atoms with Crippen molar-refractivity contribution in [2.75, 3.05) is 0 Å². The summed E-state index contributed by atoms with van der Waals surface area (Å²) in [4.78, 5) is 12.3. The molecule has 1 atom stereocenters. The number of amides is 1. The molecule has 3 aromatic carbocycles. The van der Waals surface area contributed by atoms with E-state index in [0.717, 1.165) is 22.4 Å². The van der Waals surface area contributed by atoms with Gasteiger partial charge in [0.15, 0.2) is 6.10 Å². The molecule has 3 rings (SSSR count). The summed E-state index contributed by atoms with van der Waals surface area (Å²) in [6, 6.07) is 20.4. The molecular weight excluding hydrogens is 310 g/mol. The van der Waals surface area contributed by atoms with Crippen LogP contribution in [0.2, 0.25) is 0 Å². The number of benzene rings is 3. The fourth-order valence-electron chi connectivity index (χ4n) is 2.76. The van der Waals surface area contributed by atoms with Gasteiger partial charge in [-0.2, -0.15) is 0 Å². The van der Waals surface area contributed by atoms with Gasteiger partial charge in [-0.1, -0.05) is 48.5 Å². The van der Waals surface area contributed by atoms with Crippen molar-refractivity contribution in [3.05, 3.63) is 77.4 Å². The van der Waals surface area contributed by atoms with E-state index >= 15 is 0 Å². The molecule has 0 unspecified atom stereocenters. The van der Waals surface area contributed by atoms with Crippen molar-refractivity contribution in [3.63, 3.8) is 0 Å². The van der Waals surface area contributed by atoms with E-state index < -0.39 is 6.10 Å². The molecule has 128 valence electrons. The molecule has 3 nitrogen and oxygen atoms in total. The van der Waals surface area contributed by atoms with Gasteiger partial charge in [0.25, 0.3) is 5.91 Å². The first-order valence-electron chi connectivity index (χ1n) is 8.52. The third-order valence-corrected chi connectivity index (χ3v) is 4.30. The Hall–Kier alpha value is -2.81. The quantitative estimate of drug-likeness (QED) is 0.744. The first kappa shape index (κ1) is 17.0. The molecule has 1 amide bonds. The van der Waals surface area contributed by atoms with Gasteiger partial charge in [0.2, 0.25) is 0 Å². The summed E-state index contributed by atoms with van der Waals surface area (Å²) in [5.41, 5.74) is 3.22. The van der Waals surface area contributed by atoms with Crippen molar-refractivity contribution in [1.29, 1.82) is 0 Å². The lowest BCUT2D eigenvalue weighted by Gasteiger charge is -2.17. The molecule has 0 fully saturated rings. The van der Waals surface area contributed by atoms with Crippen LogP contribution in [0.15, 0.2) is 60.7 Å². The maximum absolute atomic E-state index is 12.3. The number of hydrogen-bond acceptors (Lipinski definition) is 2. The Labute approximate surface area is 148 Å². The van der Waals surface area contributed by atoms with Gasteiger partial charge in [-0.05, 0) is 60.4 Å². The minimum atomic E-state index is -0.541. The van der Waals surface area contributed by atoms with E-state index in [-0.39, 0.29) is 5.91 Å². The maximum Gasteiger partial charge on any atom is 0.261 e. The number of hydrogen-bond donors (Lipinski definition) is 1. The third kappa shape index (κ3) is 4.18. The van der Waals surface area contributed by atoms with Gasteiger partial charge in [0, 0.05) is 6.54 Å². The lowest BCUT2D eigenvalue weighted by atomic mass is 10.1. The average molecular weight is 333 g/mol. The fraction of sp³-hybridized carbons (Fsp3) is 0.227. The largest absolute Gasteiger partial charge is 0.481 e. The number of aryl methyl sites for hydroxylation is 2. The second kappa shape index (κ2) is 7.39. The Morgan fingerprint density at radius 2 is 1.76 bits per heavy atom. The highest BCUT2D eigenvalue weighted by molar-refractivity contribution is 5.83. The van der Waals surface area contributed by atoms with Crippen LogP contribution in [0.3, 0.4) is 0 Å². The molecule has 0 aliphatic carbocycles. The van der Waals surface area contributed by atoms with Crippen molar-refractivity contribution in [2.45, 2.75) is 33.4 Å². The van der Waals surface area contributed by atoms with E-state index in [1.54, 1.807) is 6.92 Å². The molecule has 0 saturated carbocycles. The van der Waals surface area contributed by atoms with Crippen LogP contribution in [0.1, 0.15) is 23.6 Å². The summed E-state index contributed by atoms with van der Waals surface area (Å²) < 4.78 is 5.83. The molecule has 0 heterocycles. The molecule has 0 aromatic heterocycles. The van der Waals surface area contributed by atoms with E-state index in [1.807, 2.05) is 50.2 Å². The van der Waals surface area contributed by atoms with Crippen LogP contribution in [0.4, 0.5) is 0 Å². The third-order valence-electron chi connectivity index (χ3n) is 4.30. The molecular formula is C22H23NO2. The highest BCUT2D eigenvalue weighted by atomic mass is 16.5. The zero-order chi connectivity index (χ0) is 17.8. The number of carbonyl (C=O) groups is 1. The summed E-state index contributed by atoms with van der Waals surface area (Å²) in [5.74, 6) is 0.641. The Bertz CT molecular complexity index is 901. The zero-order valence-electron chi connectivity index (χ0n) is 14.9. The van der Waals surface area contributed by atoms with E-state index in [9.17, 15) is 4.79 Å². The highest BCUT2D eigenvalue weighted by Crippen LogP contribution is 2.20. The summed E-state index contributed by atoms with van der Waals surface area (Å²) >= 11 is 0. The summed E-state index contributed by atoms with van der Waals surface area (Å²) in [5, 5.41) is 5.33. The fourth-order valence-corrected chi connectivity index (χ4v) is 2.76. The van der Waals surface area contributed by atoms with Crippen LogP contribution in [0, 0.1) is 13.8 Å². The molecule has 25 heavy (non-hydrogen) atoms. The Morgan fingerprint density at radius 1 is 1.00 bits per heavy atom. The monoisotopic (exact) mass is 333 g/mol. The Morgan fingerprint density at radius 3 is 2.56 bits per heavy atom. The van der Waals surface area contributed by atoms with E-state index in [4.69, 9.17) is 4.74 Å². The Kier molecular flexibility index (Phi) is 5.03. The number of nitrogens with one attached hydrogen (secondary N) is 1. The molecule has 0 spiro atoms. The number of fused-ring (bicyclic) bond motifs is 1. The van der Waals surface area contributed by atoms with Gasteiger partial charge < -0.3 is 10.1 Å². The first-order valence-corrected chi connectivity index (χ1v) is 8.52. The Balaban J connectivity index is 1.61. The predicted octanol–water partition coefficient (Wildman–Crippen LogP) is 4.54. The van der Waals surface area contributed by atoms with Crippen molar-refractivity contribution < 1.29 is 9.53 Å². The van der Waals surface area contributed by atoms with Crippen LogP contribution in [0.5, 0.6) is 5.75 Å². The zero-order valence-corrected chi connectivity index (χ0v) is 14.9. The number of rotatable bonds is 5. The van der Waals surface area contributed by atoms with Gasteiger partial charge in [0.1, 0.15) is 5.75 Å². The van der Waals surface area contributed by atoms with Crippen molar-refractivity contribution in [2.24, 2.45) is 0 Å². The topological polar surface area (TPSA) is 38.3 Å². The summed E-state index contributed by atoms with van der Waals surface area (Å²) in [6.45, 7) is 6.26. The molecule has 3 aromatic rings. The van der Waals surface area contributed by atoms with Crippen LogP contribution in [-0.2, 0) is 11.3 Å². The van der Waals surface area contributed by atoms with Gasteiger partial charge in [-0.25, -0.2) is 0 Å². The molecule has 1 N–H and O–H groups in total. The van der Waals surface area contributed by atoms with Crippen molar-refractivity contribution >= 4 is 16.7 Å². The second-order valence-corrected chi connectivity index (χ2v) is 6.43. The normalized spacial score (nSPS) is 12.0. The van der Waals surface area contributed by atoms with Gasteiger partial charge in [0.05, 0.1) is 0 Å². The minimum absolute atomic E-state index is 0.117. The molecule has 0 saturated heterocycles. The standard InChI is InChI=1S/C22H23NO2/c1-15-8-9-16(2)21(12-15)25-17(3)22(24)23-14-18-10-11-19-6-4-5-7-20(19)13-18/h4-13,17H,14H2,1-3H3,(H,23,24)/t17-/m1/s1. The summed E-state index contributed by atoms with van der Waals surface area (Å²) in [6.07, 6.45) is -0.541. The van der Waals surface area contributed by atoms with Crippen molar-refractivity contribution in [3.8, 4) is 5.75 Å².